The molecule has 18 heavy (non-hydrogen) atoms. The number of rotatable bonds is 4. The lowest BCUT2D eigenvalue weighted by Gasteiger charge is -2.01. The SMILES string of the molecule is NC(CO)c1nc(Cc2ccc(F)cc2Cl)no1. The first kappa shape index (κ1) is 12.9. The molecule has 0 saturated carbocycles. The Balaban J connectivity index is 2.16. The van der Waals surface area contributed by atoms with Crippen molar-refractivity contribution in [2.45, 2.75) is 12.5 Å². The minimum atomic E-state index is -0.699. The summed E-state index contributed by atoms with van der Waals surface area (Å²) in [5.74, 6) is 0.132. The molecule has 1 heterocycles. The van der Waals surface area contributed by atoms with E-state index in [9.17, 15) is 4.39 Å². The fraction of sp³-hybridized carbons (Fsp3) is 0.273. The summed E-state index contributed by atoms with van der Waals surface area (Å²) in [5, 5.41) is 12.9. The van der Waals surface area contributed by atoms with E-state index < -0.39 is 11.9 Å². The summed E-state index contributed by atoms with van der Waals surface area (Å²) in [6.07, 6.45) is 0.306. The van der Waals surface area contributed by atoms with Crippen molar-refractivity contribution >= 4 is 11.6 Å². The molecule has 96 valence electrons. The second-order valence-corrected chi connectivity index (χ2v) is 4.16. The van der Waals surface area contributed by atoms with Crippen LogP contribution in [0.25, 0.3) is 0 Å². The molecule has 1 atom stereocenters. The number of nitrogens with zero attached hydrogens (tertiary/aromatic N) is 2. The summed E-state index contributed by atoms with van der Waals surface area (Å²) in [6, 6.07) is 3.38. The van der Waals surface area contributed by atoms with Gasteiger partial charge in [-0.25, -0.2) is 4.39 Å². The van der Waals surface area contributed by atoms with Gasteiger partial charge >= 0.3 is 0 Å². The molecule has 5 nitrogen and oxygen atoms in total. The topological polar surface area (TPSA) is 85.2 Å². The molecule has 0 spiro atoms. The number of halogens is 2. The van der Waals surface area contributed by atoms with Crippen LogP contribution in [0.4, 0.5) is 4.39 Å². The van der Waals surface area contributed by atoms with Crippen LogP contribution in [0.5, 0.6) is 0 Å². The average Bonchev–Trinajstić information content (AvgIpc) is 2.80. The van der Waals surface area contributed by atoms with Gasteiger partial charge in [0, 0.05) is 11.4 Å². The summed E-state index contributed by atoms with van der Waals surface area (Å²) in [4.78, 5) is 4.02. The number of hydrogen-bond donors (Lipinski definition) is 2. The summed E-state index contributed by atoms with van der Waals surface area (Å²) in [5.41, 5.74) is 6.21. The van der Waals surface area contributed by atoms with Crippen molar-refractivity contribution in [3.8, 4) is 0 Å². The van der Waals surface area contributed by atoms with Gasteiger partial charge in [0.15, 0.2) is 5.82 Å². The van der Waals surface area contributed by atoms with Crippen molar-refractivity contribution in [2.75, 3.05) is 6.61 Å². The molecule has 7 heteroatoms. The van der Waals surface area contributed by atoms with Crippen molar-refractivity contribution in [2.24, 2.45) is 5.73 Å². The maximum absolute atomic E-state index is 12.9. The smallest absolute Gasteiger partial charge is 0.245 e. The van der Waals surface area contributed by atoms with E-state index in [1.54, 1.807) is 6.07 Å². The summed E-state index contributed by atoms with van der Waals surface area (Å²) >= 11 is 5.89. The van der Waals surface area contributed by atoms with E-state index in [-0.39, 0.29) is 12.5 Å². The summed E-state index contributed by atoms with van der Waals surface area (Å²) < 4.78 is 17.8. The number of aliphatic hydroxyl groups is 1. The van der Waals surface area contributed by atoms with Crippen molar-refractivity contribution < 1.29 is 14.0 Å². The van der Waals surface area contributed by atoms with Gasteiger partial charge in [0.25, 0.3) is 0 Å². The Morgan fingerprint density at radius 2 is 2.28 bits per heavy atom. The van der Waals surface area contributed by atoms with Gasteiger partial charge in [-0.2, -0.15) is 4.98 Å². The van der Waals surface area contributed by atoms with Crippen molar-refractivity contribution in [1.82, 2.24) is 10.1 Å². The van der Waals surface area contributed by atoms with Crippen molar-refractivity contribution in [1.29, 1.82) is 0 Å². The molecule has 1 unspecified atom stereocenters. The van der Waals surface area contributed by atoms with E-state index in [0.29, 0.717) is 22.8 Å². The molecular weight excluding hydrogens is 261 g/mol. The molecule has 0 fully saturated rings. The fourth-order valence-corrected chi connectivity index (χ4v) is 1.64. The zero-order valence-electron chi connectivity index (χ0n) is 9.31. The van der Waals surface area contributed by atoms with Gasteiger partial charge in [-0.1, -0.05) is 22.8 Å². The third kappa shape index (κ3) is 2.84. The maximum Gasteiger partial charge on any atom is 0.245 e. The van der Waals surface area contributed by atoms with Gasteiger partial charge in [-0.15, -0.1) is 0 Å². The molecule has 0 aliphatic carbocycles. The molecule has 1 aromatic carbocycles. The quantitative estimate of drug-likeness (QED) is 0.879. The van der Waals surface area contributed by atoms with Crippen LogP contribution in [0.3, 0.4) is 0 Å². The van der Waals surface area contributed by atoms with E-state index in [4.69, 9.17) is 27.0 Å². The van der Waals surface area contributed by atoms with Gasteiger partial charge in [-0.05, 0) is 17.7 Å². The van der Waals surface area contributed by atoms with Crippen LogP contribution in [0.2, 0.25) is 5.02 Å². The van der Waals surface area contributed by atoms with Crippen LogP contribution in [0, 0.1) is 5.82 Å². The molecule has 0 saturated heterocycles. The van der Waals surface area contributed by atoms with Crippen molar-refractivity contribution in [3.63, 3.8) is 0 Å². The molecule has 2 rings (SSSR count). The molecule has 2 aromatic rings. The van der Waals surface area contributed by atoms with E-state index in [0.717, 1.165) is 0 Å². The fourth-order valence-electron chi connectivity index (χ4n) is 1.40. The summed E-state index contributed by atoms with van der Waals surface area (Å²) in [6.45, 7) is -0.279. The van der Waals surface area contributed by atoms with Gasteiger partial charge in [0.2, 0.25) is 5.89 Å². The highest BCUT2D eigenvalue weighted by atomic mass is 35.5. The third-order valence-electron chi connectivity index (χ3n) is 2.36. The Morgan fingerprint density at radius 1 is 1.50 bits per heavy atom. The first-order valence-corrected chi connectivity index (χ1v) is 5.61. The second-order valence-electron chi connectivity index (χ2n) is 3.75. The molecule has 0 aliphatic heterocycles. The Bertz CT molecular complexity index is 547. The Labute approximate surface area is 107 Å². The number of hydrogen-bond acceptors (Lipinski definition) is 5. The number of benzene rings is 1. The van der Waals surface area contributed by atoms with Crippen LogP contribution >= 0.6 is 11.6 Å². The molecular formula is C11H11ClFN3O2. The monoisotopic (exact) mass is 271 g/mol. The maximum atomic E-state index is 12.9. The third-order valence-corrected chi connectivity index (χ3v) is 2.71. The van der Waals surface area contributed by atoms with E-state index >= 15 is 0 Å². The molecule has 1 aromatic heterocycles. The first-order valence-electron chi connectivity index (χ1n) is 5.23. The molecule has 0 amide bonds. The Kier molecular flexibility index (Phi) is 3.90. The number of nitrogens with two attached hydrogens (primary N) is 1. The lowest BCUT2D eigenvalue weighted by Crippen LogP contribution is -2.14. The largest absolute Gasteiger partial charge is 0.394 e. The lowest BCUT2D eigenvalue weighted by molar-refractivity contribution is 0.236. The Hall–Kier alpha value is -1.50. The molecule has 3 N–H and O–H groups in total. The summed E-state index contributed by atoms with van der Waals surface area (Å²) in [7, 11) is 0. The molecule has 0 aliphatic rings. The highest BCUT2D eigenvalue weighted by Gasteiger charge is 2.14. The zero-order chi connectivity index (χ0) is 13.1. The molecule has 0 bridgehead atoms. The van der Waals surface area contributed by atoms with Gasteiger partial charge in [0.05, 0.1) is 6.61 Å². The zero-order valence-corrected chi connectivity index (χ0v) is 10.1. The van der Waals surface area contributed by atoms with Gasteiger partial charge < -0.3 is 15.4 Å². The minimum Gasteiger partial charge on any atom is -0.394 e. The van der Waals surface area contributed by atoms with Crippen LogP contribution < -0.4 is 5.73 Å². The number of aliphatic hydroxyl groups excluding tert-OH is 1. The lowest BCUT2D eigenvalue weighted by atomic mass is 10.1. The van der Waals surface area contributed by atoms with Crippen LogP contribution in [-0.2, 0) is 6.42 Å². The molecule has 0 radical (unpaired) electrons. The van der Waals surface area contributed by atoms with Crippen LogP contribution in [0.15, 0.2) is 22.7 Å². The predicted octanol–water partition coefficient (Wildman–Crippen LogP) is 1.44. The Morgan fingerprint density at radius 3 is 2.94 bits per heavy atom. The minimum absolute atomic E-state index is 0.158. The standard InChI is InChI=1S/C11H11ClFN3O2/c12-8-4-7(13)2-1-6(8)3-10-15-11(18-16-10)9(14)5-17/h1-2,4,9,17H,3,5,14H2. The van der Waals surface area contributed by atoms with Crippen molar-refractivity contribution in [3.05, 3.63) is 46.3 Å². The van der Waals surface area contributed by atoms with E-state index in [1.807, 2.05) is 0 Å². The predicted molar refractivity (Wildman–Crippen MR) is 62.5 cm³/mol. The highest BCUT2D eigenvalue weighted by Crippen LogP contribution is 2.20. The van der Waals surface area contributed by atoms with Crippen LogP contribution in [0.1, 0.15) is 23.3 Å². The second kappa shape index (κ2) is 5.43. The normalized spacial score (nSPS) is 12.7. The van der Waals surface area contributed by atoms with Crippen LogP contribution in [-0.4, -0.2) is 21.9 Å². The van der Waals surface area contributed by atoms with E-state index in [2.05, 4.69) is 10.1 Å². The first-order chi connectivity index (χ1) is 8.60. The number of aromatic nitrogens is 2. The van der Waals surface area contributed by atoms with Gasteiger partial charge in [-0.3, -0.25) is 0 Å². The average molecular weight is 272 g/mol. The van der Waals surface area contributed by atoms with E-state index in [1.165, 1.54) is 12.1 Å². The van der Waals surface area contributed by atoms with Gasteiger partial charge in [0.1, 0.15) is 11.9 Å². The highest BCUT2D eigenvalue weighted by molar-refractivity contribution is 6.31.